The van der Waals surface area contributed by atoms with Crippen molar-refractivity contribution >= 4 is 28.3 Å². The van der Waals surface area contributed by atoms with E-state index in [9.17, 15) is 14.7 Å². The first kappa shape index (κ1) is 21.1. The number of anilines is 1. The average molecular weight is 425 g/mol. The quantitative estimate of drug-likeness (QED) is 0.397. The Hall–Kier alpha value is -4.12. The van der Waals surface area contributed by atoms with Crippen LogP contribution < -0.4 is 10.1 Å². The number of hydrogen-bond donors (Lipinski definition) is 2. The van der Waals surface area contributed by atoms with Gasteiger partial charge in [0.25, 0.3) is 5.91 Å². The number of ether oxygens (including phenoxy) is 1. The predicted molar refractivity (Wildman–Crippen MR) is 126 cm³/mol. The molecule has 0 saturated carbocycles. The van der Waals surface area contributed by atoms with Gasteiger partial charge in [0.1, 0.15) is 5.75 Å². The SMILES string of the molecule is CC(C)(Oc1ccc2cc(C(=O)Nc3ccc(-c4ccccc4)cc3)ccc2c1)C(=O)O. The Morgan fingerprint density at radius 2 is 1.41 bits per heavy atom. The van der Waals surface area contributed by atoms with Crippen molar-refractivity contribution in [1.82, 2.24) is 0 Å². The molecule has 160 valence electrons. The third-order valence-corrected chi connectivity index (χ3v) is 5.21. The Bertz CT molecular complexity index is 1280. The Morgan fingerprint density at radius 3 is 2.09 bits per heavy atom. The third kappa shape index (κ3) is 4.62. The first-order chi connectivity index (χ1) is 15.3. The molecule has 0 aromatic heterocycles. The van der Waals surface area contributed by atoms with Gasteiger partial charge in [0.2, 0.25) is 0 Å². The minimum Gasteiger partial charge on any atom is -0.478 e. The molecule has 0 heterocycles. The van der Waals surface area contributed by atoms with Gasteiger partial charge in [-0.3, -0.25) is 4.79 Å². The fraction of sp³-hybridized carbons (Fsp3) is 0.111. The summed E-state index contributed by atoms with van der Waals surface area (Å²) in [6.07, 6.45) is 0. The molecule has 0 aliphatic carbocycles. The minimum absolute atomic E-state index is 0.202. The maximum absolute atomic E-state index is 12.7. The number of carbonyl (C=O) groups is 2. The van der Waals surface area contributed by atoms with Crippen LogP contribution in [0.1, 0.15) is 24.2 Å². The molecular weight excluding hydrogens is 402 g/mol. The maximum atomic E-state index is 12.7. The normalized spacial score (nSPS) is 11.2. The molecule has 0 unspecified atom stereocenters. The molecule has 0 bridgehead atoms. The zero-order valence-corrected chi connectivity index (χ0v) is 17.8. The smallest absolute Gasteiger partial charge is 0.347 e. The van der Waals surface area contributed by atoms with E-state index in [0.717, 1.165) is 27.6 Å². The van der Waals surface area contributed by atoms with E-state index < -0.39 is 11.6 Å². The second-order valence-electron chi connectivity index (χ2n) is 8.04. The van der Waals surface area contributed by atoms with Gasteiger partial charge >= 0.3 is 5.97 Å². The standard InChI is InChI=1S/C27H23NO4/c1-27(2,26(30)31)32-24-15-12-20-16-22(9-8-21(20)17-24)25(29)28-23-13-10-19(11-14-23)18-6-4-3-5-7-18/h3-17H,1-2H3,(H,28,29)(H,30,31). The topological polar surface area (TPSA) is 75.6 Å². The molecule has 5 nitrogen and oxygen atoms in total. The Balaban J connectivity index is 1.49. The van der Waals surface area contributed by atoms with Gasteiger partial charge in [-0.1, -0.05) is 54.6 Å². The molecule has 2 N–H and O–H groups in total. The van der Waals surface area contributed by atoms with Crippen LogP contribution in [0.5, 0.6) is 5.75 Å². The highest BCUT2D eigenvalue weighted by atomic mass is 16.5. The van der Waals surface area contributed by atoms with Crippen molar-refractivity contribution in [3.63, 3.8) is 0 Å². The highest BCUT2D eigenvalue weighted by Crippen LogP contribution is 2.26. The number of fused-ring (bicyclic) bond motifs is 1. The second-order valence-corrected chi connectivity index (χ2v) is 8.04. The van der Waals surface area contributed by atoms with E-state index in [0.29, 0.717) is 11.3 Å². The van der Waals surface area contributed by atoms with Gasteiger partial charge in [0.15, 0.2) is 5.60 Å². The molecule has 32 heavy (non-hydrogen) atoms. The molecule has 0 aliphatic heterocycles. The molecule has 4 rings (SSSR count). The molecule has 0 aliphatic rings. The van der Waals surface area contributed by atoms with E-state index in [2.05, 4.69) is 5.32 Å². The number of amides is 1. The van der Waals surface area contributed by atoms with Gasteiger partial charge in [0, 0.05) is 11.3 Å². The van der Waals surface area contributed by atoms with Crippen molar-refractivity contribution in [2.75, 3.05) is 5.32 Å². The van der Waals surface area contributed by atoms with Crippen molar-refractivity contribution < 1.29 is 19.4 Å². The molecular formula is C27H23NO4. The summed E-state index contributed by atoms with van der Waals surface area (Å²) in [5, 5.41) is 13.9. The van der Waals surface area contributed by atoms with E-state index in [1.54, 1.807) is 24.3 Å². The maximum Gasteiger partial charge on any atom is 0.347 e. The first-order valence-corrected chi connectivity index (χ1v) is 10.2. The third-order valence-electron chi connectivity index (χ3n) is 5.21. The van der Waals surface area contributed by atoms with Crippen LogP contribution in [0.25, 0.3) is 21.9 Å². The fourth-order valence-electron chi connectivity index (χ4n) is 3.35. The zero-order valence-electron chi connectivity index (χ0n) is 17.8. The van der Waals surface area contributed by atoms with Gasteiger partial charge in [-0.15, -0.1) is 0 Å². The van der Waals surface area contributed by atoms with E-state index in [1.807, 2.05) is 66.7 Å². The predicted octanol–water partition coefficient (Wildman–Crippen LogP) is 6.00. The molecule has 0 spiro atoms. The lowest BCUT2D eigenvalue weighted by Gasteiger charge is -2.21. The monoisotopic (exact) mass is 425 g/mol. The molecule has 0 atom stereocenters. The van der Waals surface area contributed by atoms with Crippen molar-refractivity contribution in [1.29, 1.82) is 0 Å². The summed E-state index contributed by atoms with van der Waals surface area (Å²) in [6.45, 7) is 3.00. The molecule has 0 saturated heterocycles. The average Bonchev–Trinajstić information content (AvgIpc) is 2.79. The van der Waals surface area contributed by atoms with Crippen molar-refractivity contribution in [3.8, 4) is 16.9 Å². The van der Waals surface area contributed by atoms with Crippen LogP contribution >= 0.6 is 0 Å². The lowest BCUT2D eigenvalue weighted by molar-refractivity contribution is -0.152. The summed E-state index contributed by atoms with van der Waals surface area (Å²) in [6, 6.07) is 28.4. The number of rotatable bonds is 6. The number of benzene rings is 4. The Morgan fingerprint density at radius 1 is 0.781 bits per heavy atom. The summed E-state index contributed by atoms with van der Waals surface area (Å²) in [4.78, 5) is 24.0. The fourth-order valence-corrected chi connectivity index (χ4v) is 3.35. The van der Waals surface area contributed by atoms with E-state index in [4.69, 9.17) is 4.74 Å². The lowest BCUT2D eigenvalue weighted by atomic mass is 10.0. The second kappa shape index (κ2) is 8.55. The van der Waals surface area contributed by atoms with Gasteiger partial charge in [-0.2, -0.15) is 0 Å². The molecule has 4 aromatic carbocycles. The summed E-state index contributed by atoms with van der Waals surface area (Å²) >= 11 is 0. The first-order valence-electron chi connectivity index (χ1n) is 10.2. The largest absolute Gasteiger partial charge is 0.478 e. The summed E-state index contributed by atoms with van der Waals surface area (Å²) in [5.74, 6) is -0.784. The van der Waals surface area contributed by atoms with Gasteiger partial charge in [-0.25, -0.2) is 4.79 Å². The Labute approximate surface area is 186 Å². The van der Waals surface area contributed by atoms with Crippen LogP contribution in [0.4, 0.5) is 5.69 Å². The van der Waals surface area contributed by atoms with Crippen molar-refractivity contribution in [2.24, 2.45) is 0 Å². The van der Waals surface area contributed by atoms with Gasteiger partial charge < -0.3 is 15.2 Å². The highest BCUT2D eigenvalue weighted by molar-refractivity contribution is 6.06. The van der Waals surface area contributed by atoms with Crippen LogP contribution in [0, 0.1) is 0 Å². The minimum atomic E-state index is -1.33. The zero-order chi connectivity index (χ0) is 22.7. The van der Waals surface area contributed by atoms with Crippen molar-refractivity contribution in [2.45, 2.75) is 19.4 Å². The molecule has 4 aromatic rings. The van der Waals surface area contributed by atoms with Crippen LogP contribution in [-0.2, 0) is 4.79 Å². The number of carbonyl (C=O) groups excluding carboxylic acids is 1. The molecule has 1 amide bonds. The van der Waals surface area contributed by atoms with Crippen LogP contribution in [0.15, 0.2) is 91.0 Å². The number of nitrogens with one attached hydrogen (secondary N) is 1. The van der Waals surface area contributed by atoms with Gasteiger partial charge in [-0.05, 0) is 72.1 Å². The van der Waals surface area contributed by atoms with Crippen LogP contribution in [0.2, 0.25) is 0 Å². The summed E-state index contributed by atoms with van der Waals surface area (Å²) in [7, 11) is 0. The summed E-state index contributed by atoms with van der Waals surface area (Å²) < 4.78 is 5.59. The van der Waals surface area contributed by atoms with Crippen LogP contribution in [0.3, 0.4) is 0 Å². The van der Waals surface area contributed by atoms with Gasteiger partial charge in [0.05, 0.1) is 0 Å². The number of hydrogen-bond acceptors (Lipinski definition) is 3. The lowest BCUT2D eigenvalue weighted by Crippen LogP contribution is -2.37. The van der Waals surface area contributed by atoms with E-state index in [-0.39, 0.29) is 5.91 Å². The number of carboxylic acid groups (broad SMARTS) is 1. The number of aliphatic carboxylic acids is 1. The van der Waals surface area contributed by atoms with Crippen molar-refractivity contribution in [3.05, 3.63) is 96.6 Å². The molecule has 5 heteroatoms. The molecule has 0 radical (unpaired) electrons. The highest BCUT2D eigenvalue weighted by Gasteiger charge is 2.29. The summed E-state index contributed by atoms with van der Waals surface area (Å²) in [5.41, 5.74) is 2.12. The Kier molecular flexibility index (Phi) is 5.65. The van der Waals surface area contributed by atoms with Crippen LogP contribution in [-0.4, -0.2) is 22.6 Å². The van der Waals surface area contributed by atoms with E-state index >= 15 is 0 Å². The van der Waals surface area contributed by atoms with E-state index in [1.165, 1.54) is 13.8 Å². The molecule has 0 fully saturated rings. The number of carboxylic acids is 1.